The predicted molar refractivity (Wildman–Crippen MR) is 114 cm³/mol. The van der Waals surface area contributed by atoms with Gasteiger partial charge in [0, 0.05) is 16.5 Å². The van der Waals surface area contributed by atoms with Crippen molar-refractivity contribution in [2.75, 3.05) is 11.9 Å². The van der Waals surface area contributed by atoms with E-state index in [2.05, 4.69) is 5.32 Å². The smallest absolute Gasteiger partial charge is 0.420 e. The highest BCUT2D eigenvalue weighted by molar-refractivity contribution is 7.20. The van der Waals surface area contributed by atoms with Gasteiger partial charge in [0.25, 0.3) is 5.69 Å². The van der Waals surface area contributed by atoms with Gasteiger partial charge in [0.05, 0.1) is 23.1 Å². The number of nitrogens with one attached hydrogen (secondary N) is 1. The van der Waals surface area contributed by atoms with Crippen molar-refractivity contribution in [2.24, 2.45) is 0 Å². The third kappa shape index (κ3) is 4.03. The number of esters is 1. The molecule has 2 aromatic heterocycles. The average Bonchev–Trinajstić information content (AvgIpc) is 3.28. The van der Waals surface area contributed by atoms with E-state index in [0.29, 0.717) is 10.6 Å². The third-order valence-electron chi connectivity index (χ3n) is 4.44. The van der Waals surface area contributed by atoms with Crippen LogP contribution in [0.4, 0.5) is 11.4 Å². The number of amides is 1. The first-order chi connectivity index (χ1) is 14.9. The molecule has 2 heterocycles. The van der Waals surface area contributed by atoms with E-state index in [0.717, 1.165) is 20.7 Å². The SMILES string of the molecule is CCOC(=O)c1cc2cc(NC(=O)Cn3c(=O)oc4cc([N+](=O)[O-])ccc43)ccc2s1. The molecule has 4 aromatic rings. The van der Waals surface area contributed by atoms with Gasteiger partial charge in [-0.25, -0.2) is 9.59 Å². The van der Waals surface area contributed by atoms with Gasteiger partial charge in [0.1, 0.15) is 11.4 Å². The summed E-state index contributed by atoms with van der Waals surface area (Å²) in [6.07, 6.45) is 0. The number of oxazole rings is 1. The molecular formula is C20H15N3O7S. The van der Waals surface area contributed by atoms with Gasteiger partial charge >= 0.3 is 11.7 Å². The maximum absolute atomic E-state index is 12.5. The molecule has 10 nitrogen and oxygen atoms in total. The number of thiophene rings is 1. The lowest BCUT2D eigenvalue weighted by Crippen LogP contribution is -2.24. The minimum absolute atomic E-state index is 0.0261. The molecule has 4 rings (SSSR count). The second kappa shape index (κ2) is 8.03. The highest BCUT2D eigenvalue weighted by Crippen LogP contribution is 2.29. The summed E-state index contributed by atoms with van der Waals surface area (Å²) < 4.78 is 12.0. The molecule has 0 bridgehead atoms. The van der Waals surface area contributed by atoms with Gasteiger partial charge in [-0.3, -0.25) is 19.5 Å². The number of nitro groups is 1. The fourth-order valence-corrected chi connectivity index (χ4v) is 4.02. The first-order valence-corrected chi connectivity index (χ1v) is 9.95. The molecule has 158 valence electrons. The van der Waals surface area contributed by atoms with Crippen molar-refractivity contribution in [3.8, 4) is 0 Å². The minimum Gasteiger partial charge on any atom is -0.462 e. The number of carbonyl (C=O) groups excluding carboxylic acids is 2. The van der Waals surface area contributed by atoms with Crippen molar-refractivity contribution in [3.05, 3.63) is 68.0 Å². The lowest BCUT2D eigenvalue weighted by Gasteiger charge is -2.06. The van der Waals surface area contributed by atoms with E-state index in [-0.39, 0.29) is 29.9 Å². The Labute approximate surface area is 177 Å². The largest absolute Gasteiger partial charge is 0.462 e. The number of carbonyl (C=O) groups is 2. The number of nitrogens with zero attached hydrogens (tertiary/aromatic N) is 2. The number of benzene rings is 2. The Morgan fingerprint density at radius 2 is 2.03 bits per heavy atom. The van der Waals surface area contributed by atoms with Crippen molar-refractivity contribution in [3.63, 3.8) is 0 Å². The molecule has 11 heteroatoms. The van der Waals surface area contributed by atoms with Crippen LogP contribution >= 0.6 is 11.3 Å². The van der Waals surface area contributed by atoms with Crippen LogP contribution in [0.25, 0.3) is 21.2 Å². The van der Waals surface area contributed by atoms with Crippen LogP contribution in [0.15, 0.2) is 51.7 Å². The molecule has 2 aromatic carbocycles. The summed E-state index contributed by atoms with van der Waals surface area (Å²) in [7, 11) is 0. The summed E-state index contributed by atoms with van der Waals surface area (Å²) in [5, 5.41) is 14.3. The van der Waals surface area contributed by atoms with E-state index in [4.69, 9.17) is 9.15 Å². The summed E-state index contributed by atoms with van der Waals surface area (Å²) in [4.78, 5) is 47.2. The summed E-state index contributed by atoms with van der Waals surface area (Å²) in [6.45, 7) is 1.68. The Hall–Kier alpha value is -3.99. The maximum atomic E-state index is 12.5. The van der Waals surface area contributed by atoms with Gasteiger partial charge in [-0.1, -0.05) is 0 Å². The highest BCUT2D eigenvalue weighted by Gasteiger charge is 2.17. The fourth-order valence-electron chi connectivity index (χ4n) is 3.09. The third-order valence-corrected chi connectivity index (χ3v) is 5.54. The second-order valence-electron chi connectivity index (χ2n) is 6.50. The predicted octanol–water partition coefficient (Wildman–Crippen LogP) is 3.53. The van der Waals surface area contributed by atoms with E-state index >= 15 is 0 Å². The molecule has 0 spiro atoms. The number of anilines is 1. The molecule has 0 aliphatic carbocycles. The molecule has 1 amide bonds. The summed E-state index contributed by atoms with van der Waals surface area (Å²) in [5.74, 6) is -1.68. The van der Waals surface area contributed by atoms with Crippen molar-refractivity contribution < 1.29 is 23.7 Å². The molecular weight excluding hydrogens is 426 g/mol. The van der Waals surface area contributed by atoms with Crippen LogP contribution < -0.4 is 11.1 Å². The van der Waals surface area contributed by atoms with Gasteiger partial charge in [-0.15, -0.1) is 11.3 Å². The molecule has 0 atom stereocenters. The zero-order valence-electron chi connectivity index (χ0n) is 16.1. The Morgan fingerprint density at radius 3 is 2.77 bits per heavy atom. The zero-order chi connectivity index (χ0) is 22.1. The topological polar surface area (TPSA) is 134 Å². The first kappa shape index (κ1) is 20.3. The number of nitro benzene ring substituents is 1. The molecule has 1 N–H and O–H groups in total. The van der Waals surface area contributed by atoms with Gasteiger partial charge in [0.15, 0.2) is 5.58 Å². The number of hydrogen-bond acceptors (Lipinski definition) is 8. The summed E-state index contributed by atoms with van der Waals surface area (Å²) in [6, 6.07) is 10.6. The van der Waals surface area contributed by atoms with E-state index in [1.807, 2.05) is 0 Å². The van der Waals surface area contributed by atoms with Gasteiger partial charge in [-0.2, -0.15) is 0 Å². The van der Waals surface area contributed by atoms with E-state index in [1.165, 1.54) is 23.5 Å². The summed E-state index contributed by atoms with van der Waals surface area (Å²) >= 11 is 1.29. The molecule has 0 aliphatic heterocycles. The Balaban J connectivity index is 1.54. The van der Waals surface area contributed by atoms with Crippen molar-refractivity contribution in [1.82, 2.24) is 4.57 Å². The standard InChI is InChI=1S/C20H15N3O7S/c1-2-29-19(25)17-8-11-7-12(3-6-16(11)31-17)21-18(24)10-22-14-5-4-13(23(27)28)9-15(14)30-20(22)26/h3-9H,2,10H2,1H3,(H,21,24). The first-order valence-electron chi connectivity index (χ1n) is 9.14. The number of rotatable bonds is 6. The van der Waals surface area contributed by atoms with Crippen LogP contribution in [0.1, 0.15) is 16.6 Å². The van der Waals surface area contributed by atoms with E-state index in [1.54, 1.807) is 31.2 Å². The normalized spacial score (nSPS) is 11.0. The lowest BCUT2D eigenvalue weighted by atomic mass is 10.2. The minimum atomic E-state index is -0.794. The van der Waals surface area contributed by atoms with Crippen LogP contribution in [0.3, 0.4) is 0 Å². The van der Waals surface area contributed by atoms with Gasteiger partial charge in [0.2, 0.25) is 5.91 Å². The molecule has 0 saturated heterocycles. The maximum Gasteiger partial charge on any atom is 0.420 e. The van der Waals surface area contributed by atoms with E-state index in [9.17, 15) is 24.5 Å². The summed E-state index contributed by atoms with van der Waals surface area (Å²) in [5.41, 5.74) is 0.572. The van der Waals surface area contributed by atoms with Gasteiger partial charge < -0.3 is 14.5 Å². The van der Waals surface area contributed by atoms with Crippen molar-refractivity contribution in [2.45, 2.75) is 13.5 Å². The Kier molecular flexibility index (Phi) is 5.26. The molecule has 0 fully saturated rings. The van der Waals surface area contributed by atoms with E-state index < -0.39 is 22.6 Å². The number of non-ortho nitro benzene ring substituents is 1. The number of ether oxygens (including phenoxy) is 1. The van der Waals surface area contributed by atoms with Crippen molar-refractivity contribution in [1.29, 1.82) is 0 Å². The molecule has 0 aliphatic rings. The number of fused-ring (bicyclic) bond motifs is 2. The molecule has 0 unspecified atom stereocenters. The fraction of sp³-hybridized carbons (Fsp3) is 0.150. The number of aromatic nitrogens is 1. The monoisotopic (exact) mass is 441 g/mol. The molecule has 31 heavy (non-hydrogen) atoms. The quantitative estimate of drug-likeness (QED) is 0.275. The van der Waals surface area contributed by atoms with Crippen LogP contribution in [0.2, 0.25) is 0 Å². The molecule has 0 saturated carbocycles. The lowest BCUT2D eigenvalue weighted by molar-refractivity contribution is -0.384. The van der Waals surface area contributed by atoms with Crippen LogP contribution in [0.5, 0.6) is 0 Å². The average molecular weight is 441 g/mol. The Morgan fingerprint density at radius 1 is 1.23 bits per heavy atom. The number of hydrogen-bond donors (Lipinski definition) is 1. The van der Waals surface area contributed by atoms with Crippen LogP contribution in [-0.2, 0) is 16.1 Å². The second-order valence-corrected chi connectivity index (χ2v) is 7.58. The zero-order valence-corrected chi connectivity index (χ0v) is 16.9. The molecule has 0 radical (unpaired) electrons. The highest BCUT2D eigenvalue weighted by atomic mass is 32.1. The van der Waals surface area contributed by atoms with Crippen molar-refractivity contribution >= 4 is 55.8 Å². The van der Waals surface area contributed by atoms with Gasteiger partial charge in [-0.05, 0) is 42.6 Å². The van der Waals surface area contributed by atoms with Crippen LogP contribution in [0, 0.1) is 10.1 Å². The van der Waals surface area contributed by atoms with Crippen LogP contribution in [-0.4, -0.2) is 28.0 Å². The Bertz CT molecular complexity index is 1400.